The number of nitrogens with one attached hydrogen (secondary N) is 2. The number of amides is 1. The van der Waals surface area contributed by atoms with E-state index in [9.17, 15) is 4.79 Å². The predicted octanol–water partition coefficient (Wildman–Crippen LogP) is 2.02. The first-order valence-electron chi connectivity index (χ1n) is 9.77. The van der Waals surface area contributed by atoms with Crippen LogP contribution in [-0.2, 0) is 31.5 Å². The topological polar surface area (TPSA) is 74.6 Å². The Bertz CT molecular complexity index is 845. The van der Waals surface area contributed by atoms with E-state index in [1.165, 1.54) is 16.7 Å². The second-order valence-corrected chi connectivity index (χ2v) is 7.25. The molecule has 1 aromatic carbocycles. The summed E-state index contributed by atoms with van der Waals surface area (Å²) >= 11 is 0. The van der Waals surface area contributed by atoms with Gasteiger partial charge in [0.15, 0.2) is 5.96 Å². The van der Waals surface area contributed by atoms with E-state index in [1.54, 1.807) is 7.05 Å². The second-order valence-electron chi connectivity index (χ2n) is 7.25. The molecule has 7 heteroatoms. The number of hydrogen-bond donors (Lipinski definition) is 2. The molecule has 1 aromatic heterocycles. The molecule has 2 N–H and O–H groups in total. The summed E-state index contributed by atoms with van der Waals surface area (Å²) in [5.74, 6) is 0.950. The molecule has 1 amide bonds. The average molecular weight is 383 g/mol. The number of aromatic nitrogens is 2. The maximum Gasteiger partial charge on any atom is 0.223 e. The zero-order valence-corrected chi connectivity index (χ0v) is 17.2. The monoisotopic (exact) mass is 382 g/mol. The van der Waals surface area contributed by atoms with Gasteiger partial charge < -0.3 is 15.5 Å². The highest BCUT2D eigenvalue weighted by molar-refractivity contribution is 5.80. The van der Waals surface area contributed by atoms with Gasteiger partial charge in [-0.25, -0.2) is 0 Å². The molecule has 0 aliphatic carbocycles. The quantitative estimate of drug-likeness (QED) is 0.455. The molecule has 7 nitrogen and oxygen atoms in total. The van der Waals surface area contributed by atoms with Crippen LogP contribution in [0.5, 0.6) is 0 Å². The van der Waals surface area contributed by atoms with Crippen molar-refractivity contribution in [2.45, 2.75) is 46.3 Å². The Kier molecular flexibility index (Phi) is 6.34. The first-order valence-corrected chi connectivity index (χ1v) is 9.77. The fourth-order valence-corrected chi connectivity index (χ4v) is 3.58. The third-order valence-corrected chi connectivity index (χ3v) is 5.37. The molecular formula is C21H30N6O. The molecule has 150 valence electrons. The molecule has 0 spiro atoms. The molecule has 1 aliphatic heterocycles. The highest BCUT2D eigenvalue weighted by Gasteiger charge is 2.22. The number of guanidine groups is 1. The van der Waals surface area contributed by atoms with Crippen molar-refractivity contribution in [2.24, 2.45) is 12.0 Å². The first-order chi connectivity index (χ1) is 13.5. The van der Waals surface area contributed by atoms with Crippen LogP contribution in [0.1, 0.15) is 40.9 Å². The summed E-state index contributed by atoms with van der Waals surface area (Å²) in [7, 11) is 3.71. The molecule has 3 rings (SSSR count). The lowest BCUT2D eigenvalue weighted by molar-refractivity contribution is -0.131. The molecule has 0 saturated carbocycles. The number of nitrogens with zero attached hydrogens (tertiary/aromatic N) is 4. The van der Waals surface area contributed by atoms with Gasteiger partial charge in [0.25, 0.3) is 0 Å². The van der Waals surface area contributed by atoms with Crippen LogP contribution in [0.2, 0.25) is 0 Å². The van der Waals surface area contributed by atoms with Crippen molar-refractivity contribution < 1.29 is 4.79 Å². The van der Waals surface area contributed by atoms with Crippen LogP contribution in [0.15, 0.2) is 29.3 Å². The minimum absolute atomic E-state index is 0.211. The zero-order valence-electron chi connectivity index (χ0n) is 17.2. The lowest BCUT2D eigenvalue weighted by Crippen LogP contribution is -2.38. The number of fused-ring (bicyclic) bond motifs is 1. The Morgan fingerprint density at radius 1 is 1.18 bits per heavy atom. The van der Waals surface area contributed by atoms with E-state index in [2.05, 4.69) is 39.8 Å². The fraction of sp³-hybridized carbons (Fsp3) is 0.476. The van der Waals surface area contributed by atoms with Gasteiger partial charge in [0.1, 0.15) is 0 Å². The third-order valence-electron chi connectivity index (χ3n) is 5.37. The summed E-state index contributed by atoms with van der Waals surface area (Å²) < 4.78 is 1.89. The summed E-state index contributed by atoms with van der Waals surface area (Å²) in [5, 5.41) is 11.1. The molecular weight excluding hydrogens is 352 g/mol. The molecule has 0 saturated heterocycles. The van der Waals surface area contributed by atoms with Gasteiger partial charge in [-0.3, -0.25) is 14.5 Å². The number of carbonyl (C=O) groups is 1. The smallest absolute Gasteiger partial charge is 0.223 e. The van der Waals surface area contributed by atoms with E-state index in [0.717, 1.165) is 36.9 Å². The van der Waals surface area contributed by atoms with E-state index in [-0.39, 0.29) is 5.91 Å². The van der Waals surface area contributed by atoms with Crippen LogP contribution < -0.4 is 10.6 Å². The Balaban J connectivity index is 1.39. The van der Waals surface area contributed by atoms with E-state index in [1.807, 2.05) is 35.7 Å². The highest BCUT2D eigenvalue weighted by Crippen LogP contribution is 2.22. The van der Waals surface area contributed by atoms with E-state index in [4.69, 9.17) is 0 Å². The van der Waals surface area contributed by atoms with Crippen molar-refractivity contribution in [3.05, 3.63) is 52.3 Å². The summed E-state index contributed by atoms with van der Waals surface area (Å²) in [6.45, 7) is 6.93. The normalized spacial score (nSPS) is 13.6. The van der Waals surface area contributed by atoms with Gasteiger partial charge in [-0.1, -0.05) is 24.3 Å². The van der Waals surface area contributed by atoms with Crippen molar-refractivity contribution in [2.75, 3.05) is 13.6 Å². The molecule has 0 radical (unpaired) electrons. The number of aryl methyl sites for hydroxylation is 2. The minimum Gasteiger partial charge on any atom is -0.356 e. The van der Waals surface area contributed by atoms with Crippen molar-refractivity contribution >= 4 is 11.9 Å². The SMILES string of the molecule is CN=C(NCCCC(=O)N1Cc2ccccc2C1)NCc1c(C)nn(C)c1C. The number of carbonyl (C=O) groups excluding carboxylic acids is 1. The Hall–Kier alpha value is -2.83. The van der Waals surface area contributed by atoms with Gasteiger partial charge in [-0.2, -0.15) is 5.10 Å². The molecule has 0 atom stereocenters. The second kappa shape index (κ2) is 8.91. The summed E-state index contributed by atoms with van der Waals surface area (Å²) in [4.78, 5) is 18.7. The number of rotatable bonds is 6. The standard InChI is InChI=1S/C21H30N6O/c1-15-19(16(2)26(4)25-15)12-24-21(22-3)23-11-7-10-20(28)27-13-17-8-5-6-9-18(17)14-27/h5-6,8-9H,7,10-14H2,1-4H3,(H2,22,23,24). The van der Waals surface area contributed by atoms with Crippen molar-refractivity contribution in [3.8, 4) is 0 Å². The fourth-order valence-electron chi connectivity index (χ4n) is 3.58. The minimum atomic E-state index is 0.211. The highest BCUT2D eigenvalue weighted by atomic mass is 16.2. The summed E-state index contributed by atoms with van der Waals surface area (Å²) in [6, 6.07) is 8.27. The van der Waals surface area contributed by atoms with Gasteiger partial charge in [0.05, 0.1) is 5.69 Å². The van der Waals surface area contributed by atoms with Crippen LogP contribution in [0.25, 0.3) is 0 Å². The van der Waals surface area contributed by atoms with Crippen LogP contribution in [0.3, 0.4) is 0 Å². The Morgan fingerprint density at radius 2 is 1.86 bits per heavy atom. The Labute approximate surface area is 166 Å². The van der Waals surface area contributed by atoms with Crippen LogP contribution in [-0.4, -0.2) is 40.1 Å². The molecule has 28 heavy (non-hydrogen) atoms. The van der Waals surface area contributed by atoms with Crippen LogP contribution >= 0.6 is 0 Å². The van der Waals surface area contributed by atoms with Gasteiger partial charge in [-0.15, -0.1) is 0 Å². The van der Waals surface area contributed by atoms with Gasteiger partial charge >= 0.3 is 0 Å². The number of aliphatic imine (C=N–C) groups is 1. The molecule has 1 aliphatic rings. The maximum absolute atomic E-state index is 12.5. The average Bonchev–Trinajstić information content (AvgIpc) is 3.22. The van der Waals surface area contributed by atoms with Crippen molar-refractivity contribution in [1.29, 1.82) is 0 Å². The number of benzene rings is 1. The Morgan fingerprint density at radius 3 is 2.43 bits per heavy atom. The summed E-state index contributed by atoms with van der Waals surface area (Å²) in [5.41, 5.74) is 5.89. The molecule has 0 fully saturated rings. The molecule has 0 bridgehead atoms. The molecule has 0 unspecified atom stereocenters. The lowest BCUT2D eigenvalue weighted by atomic mass is 10.1. The molecule has 2 aromatic rings. The number of hydrogen-bond acceptors (Lipinski definition) is 3. The first kappa shape index (κ1) is 19.9. The zero-order chi connectivity index (χ0) is 20.1. The lowest BCUT2D eigenvalue weighted by Gasteiger charge is -2.16. The van der Waals surface area contributed by atoms with Crippen LogP contribution in [0.4, 0.5) is 0 Å². The maximum atomic E-state index is 12.5. The molecule has 2 heterocycles. The largest absolute Gasteiger partial charge is 0.356 e. The third kappa shape index (κ3) is 4.52. The van der Waals surface area contributed by atoms with Crippen LogP contribution in [0, 0.1) is 13.8 Å². The van der Waals surface area contributed by atoms with Crippen molar-refractivity contribution in [3.63, 3.8) is 0 Å². The van der Waals surface area contributed by atoms with Gasteiger partial charge in [0.2, 0.25) is 5.91 Å². The van der Waals surface area contributed by atoms with Gasteiger partial charge in [-0.05, 0) is 31.4 Å². The van der Waals surface area contributed by atoms with Gasteiger partial charge in [0, 0.05) is 58.0 Å². The van der Waals surface area contributed by atoms with Crippen molar-refractivity contribution in [1.82, 2.24) is 25.3 Å². The van der Waals surface area contributed by atoms with E-state index < -0.39 is 0 Å². The predicted molar refractivity (Wildman–Crippen MR) is 111 cm³/mol. The summed E-state index contributed by atoms with van der Waals surface area (Å²) in [6.07, 6.45) is 1.32. The van der Waals surface area contributed by atoms with E-state index in [0.29, 0.717) is 19.5 Å². The van der Waals surface area contributed by atoms with E-state index >= 15 is 0 Å².